The number of guanidine groups is 1. The summed E-state index contributed by atoms with van der Waals surface area (Å²) in [6.07, 6.45) is 6.13. The van der Waals surface area contributed by atoms with Crippen molar-refractivity contribution in [1.29, 1.82) is 0 Å². The van der Waals surface area contributed by atoms with Crippen LogP contribution in [0.2, 0.25) is 0 Å². The van der Waals surface area contributed by atoms with Crippen LogP contribution in [0.15, 0.2) is 23.2 Å². The number of nitrogens with zero attached hydrogens (tertiary/aromatic N) is 2. The summed E-state index contributed by atoms with van der Waals surface area (Å²) in [6, 6.07) is 5.61. The fourth-order valence-corrected chi connectivity index (χ4v) is 2.69. The van der Waals surface area contributed by atoms with E-state index in [4.69, 9.17) is 5.73 Å². The number of aliphatic imine (C=N–C) groups is 1. The predicted molar refractivity (Wildman–Crippen MR) is 86.1 cm³/mol. The number of nitrogens with two attached hydrogens (primary N) is 1. The van der Waals surface area contributed by atoms with Gasteiger partial charge in [-0.1, -0.05) is 25.3 Å². The Bertz CT molecular complexity index is 493. The summed E-state index contributed by atoms with van der Waals surface area (Å²) in [5.41, 5.74) is 7.31. The molecule has 0 amide bonds. The molecule has 0 aliphatic heterocycles. The molecule has 0 heterocycles. The van der Waals surface area contributed by atoms with Gasteiger partial charge >= 0.3 is 0 Å². The first-order valence-corrected chi connectivity index (χ1v) is 7.58. The van der Waals surface area contributed by atoms with Crippen LogP contribution < -0.4 is 16.0 Å². The second-order valence-corrected chi connectivity index (χ2v) is 5.86. The van der Waals surface area contributed by atoms with Crippen molar-refractivity contribution in [3.8, 4) is 0 Å². The molecular formula is C16H25FN4. The van der Waals surface area contributed by atoms with E-state index in [0.717, 1.165) is 18.4 Å². The SMILES string of the molecule is CN(C)c1ccc(CN=C(N)NC2CCCCC2)cc1F. The third-order valence-electron chi connectivity index (χ3n) is 3.88. The lowest BCUT2D eigenvalue weighted by molar-refractivity contribution is 0.412. The number of halogens is 1. The summed E-state index contributed by atoms with van der Waals surface area (Å²) in [7, 11) is 3.64. The average Bonchev–Trinajstić information content (AvgIpc) is 2.46. The van der Waals surface area contributed by atoms with Gasteiger partial charge in [0.15, 0.2) is 5.96 Å². The van der Waals surface area contributed by atoms with Crippen LogP contribution in [0.3, 0.4) is 0 Å². The monoisotopic (exact) mass is 292 g/mol. The summed E-state index contributed by atoms with van der Waals surface area (Å²) in [4.78, 5) is 6.06. The minimum Gasteiger partial charge on any atom is -0.375 e. The van der Waals surface area contributed by atoms with Crippen LogP contribution in [0.4, 0.5) is 10.1 Å². The second kappa shape index (κ2) is 7.29. The van der Waals surface area contributed by atoms with Crippen molar-refractivity contribution in [2.24, 2.45) is 10.7 Å². The predicted octanol–water partition coefficient (Wildman–Crippen LogP) is 2.63. The van der Waals surface area contributed by atoms with Gasteiger partial charge in [0.2, 0.25) is 0 Å². The Morgan fingerprint density at radius 2 is 2.05 bits per heavy atom. The number of rotatable bonds is 4. The minimum absolute atomic E-state index is 0.230. The topological polar surface area (TPSA) is 53.6 Å². The Morgan fingerprint density at radius 1 is 1.33 bits per heavy atom. The van der Waals surface area contributed by atoms with Gasteiger partial charge in [-0.3, -0.25) is 0 Å². The van der Waals surface area contributed by atoms with Crippen LogP contribution in [0, 0.1) is 5.82 Å². The van der Waals surface area contributed by atoms with Crippen LogP contribution in [-0.2, 0) is 6.54 Å². The molecule has 1 aromatic rings. The zero-order valence-electron chi connectivity index (χ0n) is 12.9. The van der Waals surface area contributed by atoms with E-state index in [1.807, 2.05) is 20.2 Å². The van der Waals surface area contributed by atoms with Gasteiger partial charge in [-0.2, -0.15) is 0 Å². The van der Waals surface area contributed by atoms with Crippen molar-refractivity contribution >= 4 is 11.6 Å². The molecule has 1 fully saturated rings. The lowest BCUT2D eigenvalue weighted by atomic mass is 9.96. The molecule has 1 aromatic carbocycles. The van der Waals surface area contributed by atoms with Gasteiger partial charge in [0.05, 0.1) is 12.2 Å². The summed E-state index contributed by atoms with van der Waals surface area (Å²) in [5.74, 6) is 0.227. The molecule has 4 nitrogen and oxygen atoms in total. The molecule has 1 aliphatic carbocycles. The smallest absolute Gasteiger partial charge is 0.189 e. The van der Waals surface area contributed by atoms with Crippen LogP contribution >= 0.6 is 0 Å². The number of hydrogen-bond donors (Lipinski definition) is 2. The lowest BCUT2D eigenvalue weighted by Gasteiger charge is -2.23. The molecule has 0 spiro atoms. The number of nitrogens with one attached hydrogen (secondary N) is 1. The molecule has 5 heteroatoms. The molecule has 21 heavy (non-hydrogen) atoms. The Morgan fingerprint density at radius 3 is 2.67 bits per heavy atom. The zero-order valence-corrected chi connectivity index (χ0v) is 12.9. The Hall–Kier alpha value is -1.78. The van der Waals surface area contributed by atoms with E-state index in [1.165, 1.54) is 25.3 Å². The van der Waals surface area contributed by atoms with Gasteiger partial charge in [-0.25, -0.2) is 9.38 Å². The quantitative estimate of drug-likeness (QED) is 0.662. The number of hydrogen-bond acceptors (Lipinski definition) is 2. The summed E-state index contributed by atoms with van der Waals surface area (Å²) in [6.45, 7) is 0.399. The molecule has 0 radical (unpaired) electrons. The molecule has 0 aromatic heterocycles. The van der Waals surface area contributed by atoms with Gasteiger partial charge < -0.3 is 16.0 Å². The molecule has 3 N–H and O–H groups in total. The van der Waals surface area contributed by atoms with Crippen molar-refractivity contribution < 1.29 is 4.39 Å². The average molecular weight is 292 g/mol. The molecule has 0 bridgehead atoms. The second-order valence-electron chi connectivity index (χ2n) is 5.86. The lowest BCUT2D eigenvalue weighted by Crippen LogP contribution is -2.41. The normalized spacial score (nSPS) is 16.8. The molecular weight excluding hydrogens is 267 g/mol. The van der Waals surface area contributed by atoms with E-state index in [9.17, 15) is 4.39 Å². The summed E-state index contributed by atoms with van der Waals surface area (Å²) < 4.78 is 13.9. The third-order valence-corrected chi connectivity index (χ3v) is 3.88. The van der Waals surface area contributed by atoms with Gasteiger partial charge in [0.25, 0.3) is 0 Å². The fraction of sp³-hybridized carbons (Fsp3) is 0.562. The molecule has 2 rings (SSSR count). The maximum Gasteiger partial charge on any atom is 0.189 e. The van der Waals surface area contributed by atoms with Gasteiger partial charge in [0.1, 0.15) is 5.82 Å². The first kappa shape index (κ1) is 15.6. The Kier molecular flexibility index (Phi) is 5.42. The number of anilines is 1. The summed E-state index contributed by atoms with van der Waals surface area (Å²) in [5, 5.41) is 3.26. The third kappa shape index (κ3) is 4.62. The maximum absolute atomic E-state index is 13.9. The van der Waals surface area contributed by atoms with E-state index >= 15 is 0 Å². The minimum atomic E-state index is -0.230. The summed E-state index contributed by atoms with van der Waals surface area (Å²) >= 11 is 0. The fourth-order valence-electron chi connectivity index (χ4n) is 2.69. The largest absolute Gasteiger partial charge is 0.375 e. The first-order valence-electron chi connectivity index (χ1n) is 7.58. The van der Waals surface area contributed by atoms with Crippen molar-refractivity contribution in [3.63, 3.8) is 0 Å². The van der Waals surface area contributed by atoms with E-state index < -0.39 is 0 Å². The van der Waals surface area contributed by atoms with Crippen molar-refractivity contribution in [2.45, 2.75) is 44.7 Å². The van der Waals surface area contributed by atoms with Crippen molar-refractivity contribution in [3.05, 3.63) is 29.6 Å². The molecule has 0 atom stereocenters. The highest BCUT2D eigenvalue weighted by Gasteiger charge is 2.13. The van der Waals surface area contributed by atoms with E-state index in [0.29, 0.717) is 24.2 Å². The standard InChI is InChI=1S/C16H25FN4/c1-21(2)15-9-8-12(10-14(15)17)11-19-16(18)20-13-6-4-3-5-7-13/h8-10,13H,3-7,11H2,1-2H3,(H3,18,19,20). The molecule has 0 unspecified atom stereocenters. The van der Waals surface area contributed by atoms with Crippen LogP contribution in [0.5, 0.6) is 0 Å². The molecule has 1 aliphatic rings. The van der Waals surface area contributed by atoms with Crippen molar-refractivity contribution in [1.82, 2.24) is 5.32 Å². The van der Waals surface area contributed by atoms with Gasteiger partial charge in [-0.05, 0) is 30.5 Å². The van der Waals surface area contributed by atoms with E-state index in [1.54, 1.807) is 11.0 Å². The van der Waals surface area contributed by atoms with Gasteiger partial charge in [-0.15, -0.1) is 0 Å². The Labute approximate surface area is 126 Å². The highest BCUT2D eigenvalue weighted by atomic mass is 19.1. The number of benzene rings is 1. The van der Waals surface area contributed by atoms with Gasteiger partial charge in [0, 0.05) is 20.1 Å². The first-order chi connectivity index (χ1) is 10.1. The zero-order chi connectivity index (χ0) is 15.2. The van der Waals surface area contributed by atoms with E-state index in [-0.39, 0.29) is 5.82 Å². The highest BCUT2D eigenvalue weighted by molar-refractivity contribution is 5.78. The highest BCUT2D eigenvalue weighted by Crippen LogP contribution is 2.19. The molecule has 0 saturated heterocycles. The van der Waals surface area contributed by atoms with Crippen molar-refractivity contribution in [2.75, 3.05) is 19.0 Å². The van der Waals surface area contributed by atoms with Crippen LogP contribution in [0.1, 0.15) is 37.7 Å². The molecule has 116 valence electrons. The molecule has 1 saturated carbocycles. The van der Waals surface area contributed by atoms with E-state index in [2.05, 4.69) is 10.3 Å². The van der Waals surface area contributed by atoms with Crippen LogP contribution in [-0.4, -0.2) is 26.1 Å². The maximum atomic E-state index is 13.9. The Balaban J connectivity index is 1.91. The van der Waals surface area contributed by atoms with Crippen LogP contribution in [0.25, 0.3) is 0 Å².